The summed E-state index contributed by atoms with van der Waals surface area (Å²) >= 11 is 6.69. The molecule has 0 saturated carbocycles. The van der Waals surface area contributed by atoms with E-state index in [1.54, 1.807) is 12.1 Å². The third kappa shape index (κ3) is 5.89. The number of hydrogen-bond donors (Lipinski definition) is 1. The summed E-state index contributed by atoms with van der Waals surface area (Å²) in [4.78, 5) is 20.6. The molecular formula is C34H26ClF3N4O4. The molecule has 0 radical (unpaired) electrons. The summed E-state index contributed by atoms with van der Waals surface area (Å²) in [5.41, 5.74) is 1.70. The zero-order valence-electron chi connectivity index (χ0n) is 24.7. The number of aromatic carboxylic acids is 1. The average molecular weight is 647 g/mol. The molecule has 0 bridgehead atoms. The molecule has 6 rings (SSSR count). The van der Waals surface area contributed by atoms with Gasteiger partial charge < -0.3 is 19.1 Å². The van der Waals surface area contributed by atoms with Gasteiger partial charge in [0.2, 0.25) is 0 Å². The first-order valence-electron chi connectivity index (χ1n) is 14.2. The minimum absolute atomic E-state index is 0.00640. The van der Waals surface area contributed by atoms with E-state index in [0.717, 1.165) is 12.1 Å². The first-order valence-corrected chi connectivity index (χ1v) is 14.6. The first-order chi connectivity index (χ1) is 21.9. The van der Waals surface area contributed by atoms with E-state index in [1.165, 1.54) is 36.4 Å². The van der Waals surface area contributed by atoms with Crippen LogP contribution < -0.4 is 4.74 Å². The molecule has 12 heteroatoms. The fourth-order valence-corrected chi connectivity index (χ4v) is 5.80. The number of rotatable bonds is 8. The van der Waals surface area contributed by atoms with Gasteiger partial charge in [-0.2, -0.15) is 5.26 Å². The summed E-state index contributed by atoms with van der Waals surface area (Å²) < 4.78 is 57.7. The minimum atomic E-state index is -1.07. The summed E-state index contributed by atoms with van der Waals surface area (Å²) in [7, 11) is 0. The number of halogens is 4. The van der Waals surface area contributed by atoms with Crippen molar-refractivity contribution in [2.75, 3.05) is 13.2 Å². The summed E-state index contributed by atoms with van der Waals surface area (Å²) in [5.74, 6) is -3.17. The number of ether oxygens (including phenoxy) is 2. The summed E-state index contributed by atoms with van der Waals surface area (Å²) in [6.07, 6.45) is 0.126. The second-order valence-corrected chi connectivity index (χ2v) is 12.1. The lowest BCUT2D eigenvalue weighted by Gasteiger charge is -2.28. The van der Waals surface area contributed by atoms with Crippen LogP contribution in [-0.4, -0.2) is 38.8 Å². The molecule has 1 unspecified atom stereocenters. The van der Waals surface area contributed by atoms with Crippen molar-refractivity contribution in [1.29, 1.82) is 5.26 Å². The first kappa shape index (κ1) is 31.1. The van der Waals surface area contributed by atoms with Gasteiger partial charge in [-0.25, -0.2) is 27.9 Å². The number of imidazole rings is 1. The maximum atomic E-state index is 15.7. The van der Waals surface area contributed by atoms with Crippen LogP contribution >= 0.6 is 11.6 Å². The van der Waals surface area contributed by atoms with Gasteiger partial charge in [0.25, 0.3) is 5.88 Å². The molecule has 1 N–H and O–H groups in total. The van der Waals surface area contributed by atoms with E-state index in [4.69, 9.17) is 31.3 Å². The standard InChI is InChI=1S/C34H26ClF3N4O4/c1-34(2)17-45-16-30(34)42-29-11-19(33(43)44)5-7-28(29)40-31(42)12-21-10-26(38)22(13-23(21)35)27-8-6-24(36)32(41-27)46-15-20-4-3-18(14-39)9-25(20)37/h3-11,13,30H,12,15-17H2,1-2H3,(H,43,44). The maximum Gasteiger partial charge on any atom is 0.335 e. The number of carbonyl (C=O) groups is 1. The van der Waals surface area contributed by atoms with Gasteiger partial charge in [-0.1, -0.05) is 31.5 Å². The molecule has 1 fully saturated rings. The van der Waals surface area contributed by atoms with E-state index in [9.17, 15) is 18.7 Å². The van der Waals surface area contributed by atoms with Crippen LogP contribution in [0, 0.1) is 34.2 Å². The third-order valence-corrected chi connectivity index (χ3v) is 8.45. The number of nitriles is 1. The Kier molecular flexibility index (Phi) is 8.19. The van der Waals surface area contributed by atoms with E-state index in [-0.39, 0.29) is 57.5 Å². The molecule has 0 spiro atoms. The second-order valence-electron chi connectivity index (χ2n) is 11.7. The monoisotopic (exact) mass is 646 g/mol. The number of carboxylic acids is 1. The van der Waals surface area contributed by atoms with Gasteiger partial charge in [0.15, 0.2) is 5.82 Å². The minimum Gasteiger partial charge on any atom is -0.478 e. The number of nitrogens with zero attached hydrogens (tertiary/aromatic N) is 4. The Labute approximate surface area is 266 Å². The second kappa shape index (κ2) is 12.1. The lowest BCUT2D eigenvalue weighted by atomic mass is 9.87. The van der Waals surface area contributed by atoms with Gasteiger partial charge in [-0.05, 0) is 60.2 Å². The van der Waals surface area contributed by atoms with Crippen molar-refractivity contribution in [2.45, 2.75) is 32.9 Å². The lowest BCUT2D eigenvalue weighted by Crippen LogP contribution is -2.27. The van der Waals surface area contributed by atoms with Crippen molar-refractivity contribution in [2.24, 2.45) is 5.41 Å². The topological polar surface area (TPSA) is 110 Å². The molecule has 3 aromatic carbocycles. The molecule has 46 heavy (non-hydrogen) atoms. The molecule has 0 aliphatic carbocycles. The van der Waals surface area contributed by atoms with E-state index < -0.39 is 29.3 Å². The van der Waals surface area contributed by atoms with Gasteiger partial charge >= 0.3 is 5.97 Å². The average Bonchev–Trinajstić information content (AvgIpc) is 3.55. The zero-order valence-corrected chi connectivity index (χ0v) is 25.4. The number of aromatic nitrogens is 3. The van der Waals surface area contributed by atoms with Crippen molar-refractivity contribution in [3.63, 3.8) is 0 Å². The van der Waals surface area contributed by atoms with Crippen molar-refractivity contribution < 1.29 is 32.5 Å². The fraction of sp³-hybridized carbons (Fsp3) is 0.235. The highest BCUT2D eigenvalue weighted by atomic mass is 35.5. The number of carboxylic acid groups (broad SMARTS) is 1. The fourth-order valence-electron chi connectivity index (χ4n) is 5.57. The van der Waals surface area contributed by atoms with E-state index >= 15 is 4.39 Å². The molecule has 1 aliphatic rings. The Bertz CT molecular complexity index is 2060. The molecule has 1 saturated heterocycles. The molecule has 8 nitrogen and oxygen atoms in total. The summed E-state index contributed by atoms with van der Waals surface area (Å²) in [6.45, 7) is 4.63. The summed E-state index contributed by atoms with van der Waals surface area (Å²) in [6, 6.07) is 15.2. The lowest BCUT2D eigenvalue weighted by molar-refractivity contribution is 0.0697. The smallest absolute Gasteiger partial charge is 0.335 e. The SMILES string of the molecule is CC1(C)COCC1n1c(Cc2cc(F)c(-c3ccc(F)c(OCc4ccc(C#N)cc4F)n3)cc2Cl)nc2ccc(C(=O)O)cc21. The van der Waals surface area contributed by atoms with Crippen LogP contribution in [0.3, 0.4) is 0 Å². The third-order valence-electron chi connectivity index (χ3n) is 8.09. The Morgan fingerprint density at radius 3 is 2.57 bits per heavy atom. The molecule has 2 aromatic heterocycles. The highest BCUT2D eigenvalue weighted by molar-refractivity contribution is 6.31. The largest absolute Gasteiger partial charge is 0.478 e. The Hall–Kier alpha value is -4.92. The van der Waals surface area contributed by atoms with Crippen molar-refractivity contribution in [3.05, 3.63) is 111 Å². The van der Waals surface area contributed by atoms with Crippen molar-refractivity contribution in [1.82, 2.24) is 14.5 Å². The molecular weight excluding hydrogens is 621 g/mol. The predicted octanol–water partition coefficient (Wildman–Crippen LogP) is 7.51. The van der Waals surface area contributed by atoms with Crippen LogP contribution in [0.25, 0.3) is 22.3 Å². The molecule has 0 amide bonds. The van der Waals surface area contributed by atoms with Crippen LogP contribution in [0.2, 0.25) is 5.02 Å². The normalized spacial score (nSPS) is 15.6. The Balaban J connectivity index is 1.32. The Morgan fingerprint density at radius 1 is 1.07 bits per heavy atom. The van der Waals surface area contributed by atoms with Crippen LogP contribution in [0.5, 0.6) is 5.88 Å². The van der Waals surface area contributed by atoms with Crippen LogP contribution in [0.1, 0.15) is 52.8 Å². The highest BCUT2D eigenvalue weighted by Crippen LogP contribution is 2.41. The summed E-state index contributed by atoms with van der Waals surface area (Å²) in [5, 5.41) is 18.7. The number of benzene rings is 3. The zero-order chi connectivity index (χ0) is 32.7. The molecule has 234 valence electrons. The Morgan fingerprint density at radius 2 is 1.87 bits per heavy atom. The van der Waals surface area contributed by atoms with Gasteiger partial charge in [0.1, 0.15) is 24.1 Å². The van der Waals surface area contributed by atoms with E-state index in [2.05, 4.69) is 18.8 Å². The molecule has 3 heterocycles. The molecule has 1 atom stereocenters. The highest BCUT2D eigenvalue weighted by Gasteiger charge is 2.39. The number of hydrogen-bond acceptors (Lipinski definition) is 6. The van der Waals surface area contributed by atoms with Gasteiger partial charge in [0, 0.05) is 28.0 Å². The number of pyridine rings is 1. The van der Waals surface area contributed by atoms with Gasteiger partial charge in [-0.3, -0.25) is 0 Å². The van der Waals surface area contributed by atoms with E-state index in [1.807, 2.05) is 10.6 Å². The quantitative estimate of drug-likeness (QED) is 0.186. The molecule has 5 aromatic rings. The predicted molar refractivity (Wildman–Crippen MR) is 163 cm³/mol. The van der Waals surface area contributed by atoms with E-state index in [0.29, 0.717) is 35.6 Å². The van der Waals surface area contributed by atoms with Gasteiger partial charge in [-0.15, -0.1) is 0 Å². The van der Waals surface area contributed by atoms with Crippen molar-refractivity contribution >= 4 is 28.6 Å². The van der Waals surface area contributed by atoms with Crippen LogP contribution in [0.15, 0.2) is 60.7 Å². The van der Waals surface area contributed by atoms with Crippen LogP contribution in [0.4, 0.5) is 13.2 Å². The van der Waals surface area contributed by atoms with Crippen molar-refractivity contribution in [3.8, 4) is 23.2 Å². The number of fused-ring (bicyclic) bond motifs is 1. The van der Waals surface area contributed by atoms with Gasteiger partial charge in [0.05, 0.1) is 53.2 Å². The maximum absolute atomic E-state index is 15.7. The van der Waals surface area contributed by atoms with Crippen LogP contribution in [-0.2, 0) is 17.8 Å². The molecule has 1 aliphatic heterocycles.